The van der Waals surface area contributed by atoms with Crippen molar-refractivity contribution in [1.29, 1.82) is 0 Å². The second-order valence-corrected chi connectivity index (χ2v) is 8.73. The molecule has 0 fully saturated rings. The molecule has 6 N–H and O–H groups in total. The van der Waals surface area contributed by atoms with E-state index in [9.17, 15) is 33.6 Å². The third-order valence-corrected chi connectivity index (χ3v) is 4.36. The molecule has 0 bridgehead atoms. The van der Waals surface area contributed by atoms with Crippen molar-refractivity contribution in [1.82, 2.24) is 37.0 Å². The maximum Gasteiger partial charge on any atom is 0.407 e. The lowest BCUT2D eigenvalue weighted by Gasteiger charge is -2.20. The minimum absolute atomic E-state index is 0.0566. The van der Waals surface area contributed by atoms with E-state index in [4.69, 9.17) is 4.74 Å². The summed E-state index contributed by atoms with van der Waals surface area (Å²) < 4.78 is 5.04. The molecule has 0 saturated carbocycles. The van der Waals surface area contributed by atoms with Crippen LogP contribution in [-0.4, -0.2) is 83.9 Å². The third-order valence-electron chi connectivity index (χ3n) is 4.36. The van der Waals surface area contributed by atoms with E-state index in [0.717, 1.165) is 17.1 Å². The topological polar surface area (TPSA) is 204 Å². The minimum atomic E-state index is -1.06. The average Bonchev–Trinajstić information content (AvgIpc) is 3.09. The van der Waals surface area contributed by atoms with Crippen molar-refractivity contribution in [2.75, 3.05) is 19.6 Å². The molecule has 0 unspecified atom stereocenters. The Labute approximate surface area is 208 Å². The smallest absolute Gasteiger partial charge is 0.407 e. The van der Waals surface area contributed by atoms with Crippen LogP contribution < -0.4 is 32.1 Å². The summed E-state index contributed by atoms with van der Waals surface area (Å²) in [6, 6.07) is -2.82. The van der Waals surface area contributed by atoms with Gasteiger partial charge in [0.15, 0.2) is 0 Å². The maximum absolute atomic E-state index is 12.2. The van der Waals surface area contributed by atoms with Crippen LogP contribution >= 0.6 is 0 Å². The lowest BCUT2D eigenvalue weighted by Crippen LogP contribution is -2.56. The summed E-state index contributed by atoms with van der Waals surface area (Å²) in [6.07, 6.45) is 1.37. The van der Waals surface area contributed by atoms with Gasteiger partial charge in [-0.25, -0.2) is 15.0 Å². The molecule has 0 aromatic rings. The van der Waals surface area contributed by atoms with Gasteiger partial charge in [-0.15, -0.1) is 0 Å². The molecule has 1 aliphatic rings. The molecule has 200 valence electrons. The number of carbonyl (C=O) groups excluding carboxylic acids is 7. The first kappa shape index (κ1) is 29.9. The number of carbonyl (C=O) groups is 7. The number of hydrogen-bond acceptors (Lipinski definition) is 8. The number of urea groups is 1. The van der Waals surface area contributed by atoms with Crippen LogP contribution in [0.5, 0.6) is 0 Å². The molecule has 8 amide bonds. The Balaban J connectivity index is 2.26. The van der Waals surface area contributed by atoms with E-state index in [0.29, 0.717) is 0 Å². The summed E-state index contributed by atoms with van der Waals surface area (Å²) in [5.74, 6) is -3.00. The Morgan fingerprint density at radius 2 is 1.42 bits per heavy atom. The number of amides is 8. The zero-order valence-corrected chi connectivity index (χ0v) is 20.9. The summed E-state index contributed by atoms with van der Waals surface area (Å²) in [7, 11) is 0. The minimum Gasteiger partial charge on any atom is -0.444 e. The number of alkyl carbamates (subject to hydrolysis) is 1. The molecular formula is C21H33N7O8. The number of hydrogen-bond donors (Lipinski definition) is 6. The molecule has 0 aromatic heterocycles. The van der Waals surface area contributed by atoms with Crippen LogP contribution in [-0.2, 0) is 28.7 Å². The molecule has 2 atom stereocenters. The highest BCUT2D eigenvalue weighted by Gasteiger charge is 2.25. The van der Waals surface area contributed by atoms with Gasteiger partial charge in [-0.1, -0.05) is 0 Å². The molecule has 15 nitrogen and oxygen atoms in total. The van der Waals surface area contributed by atoms with Crippen molar-refractivity contribution < 1.29 is 38.3 Å². The van der Waals surface area contributed by atoms with Crippen molar-refractivity contribution in [2.24, 2.45) is 0 Å². The van der Waals surface area contributed by atoms with Crippen LogP contribution in [0.1, 0.15) is 41.0 Å². The zero-order valence-electron chi connectivity index (χ0n) is 20.9. The first-order valence-corrected chi connectivity index (χ1v) is 11.1. The predicted molar refractivity (Wildman–Crippen MR) is 125 cm³/mol. The molecule has 0 spiro atoms. The van der Waals surface area contributed by atoms with Crippen molar-refractivity contribution in [3.8, 4) is 0 Å². The lowest BCUT2D eigenvalue weighted by molar-refractivity contribution is -0.137. The van der Waals surface area contributed by atoms with Crippen LogP contribution in [0, 0.1) is 0 Å². The van der Waals surface area contributed by atoms with Crippen molar-refractivity contribution in [2.45, 2.75) is 58.7 Å². The molecular weight excluding hydrogens is 478 g/mol. The normalized spacial score (nSPS) is 14.4. The first-order chi connectivity index (χ1) is 16.7. The highest BCUT2D eigenvalue weighted by Crippen LogP contribution is 2.06. The van der Waals surface area contributed by atoms with E-state index in [1.54, 1.807) is 20.8 Å². The van der Waals surface area contributed by atoms with Crippen molar-refractivity contribution >= 4 is 41.7 Å². The van der Waals surface area contributed by atoms with E-state index < -0.39 is 59.3 Å². The Bertz CT molecular complexity index is 894. The van der Waals surface area contributed by atoms with Gasteiger partial charge in [0, 0.05) is 38.2 Å². The fourth-order valence-corrected chi connectivity index (χ4v) is 2.57. The summed E-state index contributed by atoms with van der Waals surface area (Å²) in [6.45, 7) is 7.91. The summed E-state index contributed by atoms with van der Waals surface area (Å²) in [4.78, 5) is 83.4. The van der Waals surface area contributed by atoms with Crippen LogP contribution in [0.15, 0.2) is 12.2 Å². The molecule has 36 heavy (non-hydrogen) atoms. The van der Waals surface area contributed by atoms with E-state index in [-0.39, 0.29) is 26.1 Å². The Kier molecular flexibility index (Phi) is 11.3. The SMILES string of the molecule is C[C@H](NC(=O)CCN1C(=O)C=CC1=O)C(=O)N[C@@H](C)C(=O)NNC(=O)NCCNC(=O)OC(C)(C)C. The number of ether oxygens (including phenoxy) is 1. The van der Waals surface area contributed by atoms with E-state index in [1.165, 1.54) is 13.8 Å². The summed E-state index contributed by atoms with van der Waals surface area (Å²) in [5.41, 5.74) is 3.56. The first-order valence-electron chi connectivity index (χ1n) is 11.1. The number of hydrazine groups is 1. The molecule has 0 saturated heterocycles. The predicted octanol–water partition coefficient (Wildman–Crippen LogP) is -1.83. The van der Waals surface area contributed by atoms with Gasteiger partial charge in [-0.2, -0.15) is 0 Å². The van der Waals surface area contributed by atoms with E-state index >= 15 is 0 Å². The summed E-state index contributed by atoms with van der Waals surface area (Å²) in [5, 5.41) is 9.62. The molecule has 0 aliphatic carbocycles. The van der Waals surface area contributed by atoms with Crippen molar-refractivity contribution in [3.63, 3.8) is 0 Å². The number of nitrogens with one attached hydrogen (secondary N) is 6. The summed E-state index contributed by atoms with van der Waals surface area (Å²) >= 11 is 0. The fraction of sp³-hybridized carbons (Fsp3) is 0.571. The number of rotatable bonds is 10. The monoisotopic (exact) mass is 511 g/mol. The van der Waals surface area contributed by atoms with Crippen molar-refractivity contribution in [3.05, 3.63) is 12.2 Å². The third kappa shape index (κ3) is 11.3. The van der Waals surface area contributed by atoms with Gasteiger partial charge >= 0.3 is 12.1 Å². The van der Waals surface area contributed by atoms with Gasteiger partial charge in [0.2, 0.25) is 11.8 Å². The van der Waals surface area contributed by atoms with Gasteiger partial charge in [0.25, 0.3) is 17.7 Å². The lowest BCUT2D eigenvalue weighted by atomic mass is 10.2. The zero-order chi connectivity index (χ0) is 27.5. The second kappa shape index (κ2) is 13.7. The van der Waals surface area contributed by atoms with Gasteiger partial charge in [-0.05, 0) is 34.6 Å². The Morgan fingerprint density at radius 1 is 0.861 bits per heavy atom. The molecule has 1 rings (SSSR count). The largest absolute Gasteiger partial charge is 0.444 e. The van der Waals surface area contributed by atoms with Crippen LogP contribution in [0.4, 0.5) is 9.59 Å². The van der Waals surface area contributed by atoms with Gasteiger partial charge < -0.3 is 26.0 Å². The van der Waals surface area contributed by atoms with Crippen LogP contribution in [0.3, 0.4) is 0 Å². The Morgan fingerprint density at radius 3 is 2.00 bits per heavy atom. The standard InChI is InChI=1S/C21H33N7O8/c1-12(24-14(29)8-11-28-15(30)6-7-16(28)31)17(32)25-13(2)18(33)26-27-19(34)22-9-10-23-20(35)36-21(3,4)5/h6-7,12-13H,8-11H2,1-5H3,(H,23,35)(H,24,29)(H,25,32)(H,26,33)(H2,22,27,34)/t12-,13-/m0/s1. The van der Waals surface area contributed by atoms with Crippen LogP contribution in [0.2, 0.25) is 0 Å². The number of imide groups is 1. The van der Waals surface area contributed by atoms with E-state index in [2.05, 4.69) is 32.1 Å². The van der Waals surface area contributed by atoms with Gasteiger partial charge in [-0.3, -0.25) is 34.3 Å². The fourth-order valence-electron chi connectivity index (χ4n) is 2.57. The van der Waals surface area contributed by atoms with E-state index in [1.807, 2.05) is 0 Å². The highest BCUT2D eigenvalue weighted by atomic mass is 16.6. The molecule has 0 radical (unpaired) electrons. The number of nitrogens with zero attached hydrogens (tertiary/aromatic N) is 1. The molecule has 1 heterocycles. The average molecular weight is 512 g/mol. The second-order valence-electron chi connectivity index (χ2n) is 8.73. The van der Waals surface area contributed by atoms with Gasteiger partial charge in [0.1, 0.15) is 17.7 Å². The Hall–Kier alpha value is -4.17. The maximum atomic E-state index is 12.2. The quantitative estimate of drug-likeness (QED) is 0.111. The molecule has 15 heteroatoms. The highest BCUT2D eigenvalue weighted by molar-refractivity contribution is 6.13. The molecule has 0 aromatic carbocycles. The van der Waals surface area contributed by atoms with Gasteiger partial charge in [0.05, 0.1) is 0 Å². The van der Waals surface area contributed by atoms with Crippen LogP contribution in [0.25, 0.3) is 0 Å². The molecule has 1 aliphatic heterocycles.